The Morgan fingerprint density at radius 1 is 0.964 bits per heavy atom. The van der Waals surface area contributed by atoms with Crippen LogP contribution in [0.25, 0.3) is 17.1 Å². The zero-order valence-corrected chi connectivity index (χ0v) is 16.5. The maximum Gasteiger partial charge on any atom is 0.241 e. The van der Waals surface area contributed by atoms with Crippen LogP contribution in [0.3, 0.4) is 0 Å². The number of ether oxygens (including phenoxy) is 1. The molecule has 2 aromatic carbocycles. The van der Waals surface area contributed by atoms with E-state index in [1.54, 1.807) is 16.2 Å². The third-order valence-electron chi connectivity index (χ3n) is 5.50. The van der Waals surface area contributed by atoms with Crippen molar-refractivity contribution in [1.29, 1.82) is 0 Å². The van der Waals surface area contributed by atoms with E-state index in [1.165, 1.54) is 0 Å². The number of carbonyl (C=O) groups excluding carboxylic acids is 1. The number of anilines is 1. The molecule has 0 N–H and O–H groups in total. The van der Waals surface area contributed by atoms with Gasteiger partial charge in [0.15, 0.2) is 0 Å². The van der Waals surface area contributed by atoms with Gasteiger partial charge in [-0.15, -0.1) is 0 Å². The summed E-state index contributed by atoms with van der Waals surface area (Å²) in [5.41, 5.74) is 4.04. The molecule has 0 saturated heterocycles. The Labute approximate surface area is 168 Å². The van der Waals surface area contributed by atoms with Crippen molar-refractivity contribution in [2.75, 3.05) is 11.9 Å². The second-order valence-electron chi connectivity index (χ2n) is 7.28. The number of benzene rings is 2. The lowest BCUT2D eigenvalue weighted by Gasteiger charge is -2.42. The van der Waals surface area contributed by atoms with E-state index in [2.05, 4.69) is 11.4 Å². The number of para-hydroxylation sites is 1. The summed E-state index contributed by atoms with van der Waals surface area (Å²) in [7, 11) is 1.85. The molecule has 0 radical (unpaired) electrons. The summed E-state index contributed by atoms with van der Waals surface area (Å²) in [6, 6.07) is 20.0. The fourth-order valence-corrected chi connectivity index (χ4v) is 4.74. The van der Waals surface area contributed by atoms with Gasteiger partial charge in [-0.3, -0.25) is 4.79 Å². The van der Waals surface area contributed by atoms with Crippen LogP contribution in [0.5, 0.6) is 0 Å². The van der Waals surface area contributed by atoms with Gasteiger partial charge in [-0.25, -0.2) is 0 Å². The van der Waals surface area contributed by atoms with Crippen LogP contribution in [0.2, 0.25) is 0 Å². The van der Waals surface area contributed by atoms with E-state index in [1.807, 2.05) is 80.0 Å². The van der Waals surface area contributed by atoms with Gasteiger partial charge in [0.25, 0.3) is 0 Å². The zero-order valence-electron chi connectivity index (χ0n) is 15.7. The average Bonchev–Trinajstić information content (AvgIpc) is 3.27. The first kappa shape index (κ1) is 17.0. The number of carbonyl (C=O) groups is 1. The van der Waals surface area contributed by atoms with Crippen molar-refractivity contribution < 1.29 is 9.53 Å². The third-order valence-corrected chi connectivity index (χ3v) is 6.19. The molecule has 0 aliphatic carbocycles. The minimum atomic E-state index is -0.802. The molecule has 1 aromatic heterocycles. The molecule has 3 heterocycles. The average molecular weight is 385 g/mol. The van der Waals surface area contributed by atoms with Crippen molar-refractivity contribution in [2.45, 2.75) is 6.92 Å². The minimum absolute atomic E-state index is 0.0469. The Balaban J connectivity index is 1.82. The van der Waals surface area contributed by atoms with Crippen LogP contribution in [0.4, 0.5) is 5.69 Å². The standard InChI is InChI=1S/C24H19NO2S/c1-24-14-20(16-8-4-3-5-9-16)27-22(17-12-13-28-15-17)21(24)18-10-6-7-11-19(18)25(2)23(24)26/h3-15H,1-2H3. The fourth-order valence-electron chi connectivity index (χ4n) is 4.11. The summed E-state index contributed by atoms with van der Waals surface area (Å²) < 4.78 is 6.47. The quantitative estimate of drug-likeness (QED) is 0.569. The van der Waals surface area contributed by atoms with Crippen LogP contribution in [-0.2, 0) is 9.53 Å². The molecular weight excluding hydrogens is 366 g/mol. The van der Waals surface area contributed by atoms with Crippen LogP contribution in [0, 0.1) is 5.41 Å². The fraction of sp³-hybridized carbons (Fsp3) is 0.125. The summed E-state index contributed by atoms with van der Waals surface area (Å²) in [6.07, 6.45) is 1.97. The summed E-state index contributed by atoms with van der Waals surface area (Å²) in [5.74, 6) is 1.53. The highest BCUT2D eigenvalue weighted by Crippen LogP contribution is 2.54. The second-order valence-corrected chi connectivity index (χ2v) is 8.06. The highest BCUT2D eigenvalue weighted by molar-refractivity contribution is 7.08. The highest BCUT2D eigenvalue weighted by Gasteiger charge is 2.48. The molecule has 138 valence electrons. The third kappa shape index (κ3) is 2.38. The van der Waals surface area contributed by atoms with Gasteiger partial charge in [-0.1, -0.05) is 48.5 Å². The molecule has 1 amide bonds. The van der Waals surface area contributed by atoms with Gasteiger partial charge in [0.1, 0.15) is 11.5 Å². The topological polar surface area (TPSA) is 29.5 Å². The van der Waals surface area contributed by atoms with Crippen molar-refractivity contribution in [3.05, 3.63) is 94.2 Å². The molecule has 1 unspecified atom stereocenters. The lowest BCUT2D eigenvalue weighted by Crippen LogP contribution is -2.45. The number of nitrogens with zero attached hydrogens (tertiary/aromatic N) is 1. The molecular formula is C24H19NO2S. The van der Waals surface area contributed by atoms with Gasteiger partial charge in [-0.2, -0.15) is 11.3 Å². The summed E-state index contributed by atoms with van der Waals surface area (Å²) in [4.78, 5) is 15.3. The number of fused-ring (bicyclic) bond motifs is 3. The number of amides is 1. The van der Waals surface area contributed by atoms with Crippen molar-refractivity contribution in [2.24, 2.45) is 5.41 Å². The normalized spacial score (nSPS) is 21.0. The first-order valence-corrected chi connectivity index (χ1v) is 10.1. The van der Waals surface area contributed by atoms with Gasteiger partial charge in [0, 0.05) is 34.7 Å². The maximum absolute atomic E-state index is 13.5. The number of hydrogen-bond acceptors (Lipinski definition) is 3. The number of thiophene rings is 1. The lowest BCUT2D eigenvalue weighted by atomic mass is 9.71. The van der Waals surface area contributed by atoms with Crippen molar-refractivity contribution in [3.63, 3.8) is 0 Å². The molecule has 0 spiro atoms. The zero-order chi connectivity index (χ0) is 19.3. The monoisotopic (exact) mass is 385 g/mol. The van der Waals surface area contributed by atoms with Gasteiger partial charge < -0.3 is 9.64 Å². The number of hydrogen-bond donors (Lipinski definition) is 0. The molecule has 0 saturated carbocycles. The molecule has 3 nitrogen and oxygen atoms in total. The van der Waals surface area contributed by atoms with E-state index in [-0.39, 0.29) is 5.91 Å². The van der Waals surface area contributed by atoms with Gasteiger partial charge >= 0.3 is 0 Å². The Morgan fingerprint density at radius 3 is 2.46 bits per heavy atom. The Hall–Kier alpha value is -3.11. The van der Waals surface area contributed by atoms with Crippen LogP contribution in [0.15, 0.2) is 77.5 Å². The van der Waals surface area contributed by atoms with Gasteiger partial charge in [0.05, 0.1) is 11.1 Å². The van der Waals surface area contributed by atoms with Crippen molar-refractivity contribution in [1.82, 2.24) is 0 Å². The van der Waals surface area contributed by atoms with E-state index in [9.17, 15) is 4.79 Å². The lowest BCUT2D eigenvalue weighted by molar-refractivity contribution is -0.122. The van der Waals surface area contributed by atoms with Gasteiger partial charge in [-0.05, 0) is 30.5 Å². The number of rotatable bonds is 2. The van der Waals surface area contributed by atoms with Crippen LogP contribution in [-0.4, -0.2) is 13.0 Å². The molecule has 4 heteroatoms. The maximum atomic E-state index is 13.5. The van der Waals surface area contributed by atoms with E-state index >= 15 is 0 Å². The minimum Gasteiger partial charge on any atom is -0.456 e. The molecule has 5 rings (SSSR count). The van der Waals surface area contributed by atoms with Crippen LogP contribution < -0.4 is 4.90 Å². The Morgan fingerprint density at radius 2 is 1.71 bits per heavy atom. The molecule has 3 aromatic rings. The second kappa shape index (κ2) is 6.21. The van der Waals surface area contributed by atoms with Crippen molar-refractivity contribution in [3.8, 4) is 0 Å². The largest absolute Gasteiger partial charge is 0.456 e. The summed E-state index contributed by atoms with van der Waals surface area (Å²) in [6.45, 7) is 1.99. The molecule has 28 heavy (non-hydrogen) atoms. The van der Waals surface area contributed by atoms with Crippen LogP contribution in [0.1, 0.15) is 23.6 Å². The summed E-state index contributed by atoms with van der Waals surface area (Å²) in [5, 5.41) is 4.11. The Kier molecular flexibility index (Phi) is 3.78. The summed E-state index contributed by atoms with van der Waals surface area (Å²) >= 11 is 1.62. The van der Waals surface area contributed by atoms with Crippen LogP contribution >= 0.6 is 11.3 Å². The highest BCUT2D eigenvalue weighted by atomic mass is 32.1. The van der Waals surface area contributed by atoms with E-state index in [4.69, 9.17) is 4.74 Å². The SMILES string of the molecule is CN1C(=O)C2(C)C=C(c3ccccc3)OC(c3ccsc3)=C2c2ccccc21. The predicted octanol–water partition coefficient (Wildman–Crippen LogP) is 5.67. The predicted molar refractivity (Wildman–Crippen MR) is 115 cm³/mol. The van der Waals surface area contributed by atoms with E-state index in [0.717, 1.165) is 33.7 Å². The smallest absolute Gasteiger partial charge is 0.241 e. The molecule has 2 aliphatic rings. The Bertz CT molecular complexity index is 1130. The molecule has 1 atom stereocenters. The molecule has 0 bridgehead atoms. The van der Waals surface area contributed by atoms with Crippen molar-refractivity contribution >= 4 is 40.0 Å². The van der Waals surface area contributed by atoms with Gasteiger partial charge in [0.2, 0.25) is 5.91 Å². The van der Waals surface area contributed by atoms with E-state index < -0.39 is 5.41 Å². The first-order valence-electron chi connectivity index (χ1n) is 9.20. The molecule has 2 aliphatic heterocycles. The first-order chi connectivity index (χ1) is 13.6. The molecule has 0 fully saturated rings. The van der Waals surface area contributed by atoms with E-state index in [0.29, 0.717) is 5.76 Å².